The Morgan fingerprint density at radius 3 is 2.57 bits per heavy atom. The Morgan fingerprint density at radius 2 is 1.90 bits per heavy atom. The van der Waals surface area contributed by atoms with Crippen molar-refractivity contribution < 1.29 is 13.2 Å². The maximum absolute atomic E-state index is 12.5. The minimum Gasteiger partial charge on any atom is -0.375 e. The lowest BCUT2D eigenvalue weighted by Gasteiger charge is -2.19. The number of nitrogens with zero attached hydrogens (tertiary/aromatic N) is 3. The molecule has 9 heteroatoms. The number of hydrogen-bond donors (Lipinski definition) is 1. The topological polar surface area (TPSA) is 82.6 Å². The van der Waals surface area contributed by atoms with E-state index in [-0.39, 0.29) is 16.6 Å². The van der Waals surface area contributed by atoms with Crippen LogP contribution in [0.15, 0.2) is 58.6 Å². The molecule has 0 aliphatic carbocycles. The van der Waals surface area contributed by atoms with E-state index in [1.807, 2.05) is 25.2 Å². The quantitative estimate of drug-likeness (QED) is 0.444. The molecule has 1 aliphatic heterocycles. The summed E-state index contributed by atoms with van der Waals surface area (Å²) in [6, 6.07) is 13.4. The van der Waals surface area contributed by atoms with Crippen molar-refractivity contribution in [2.75, 3.05) is 43.9 Å². The van der Waals surface area contributed by atoms with Gasteiger partial charge in [0.05, 0.1) is 10.8 Å². The van der Waals surface area contributed by atoms with Crippen LogP contribution in [-0.2, 0) is 14.8 Å². The number of sulfonamides is 1. The van der Waals surface area contributed by atoms with E-state index in [4.69, 9.17) is 0 Å². The number of anilines is 1. The first-order valence-electron chi connectivity index (χ1n) is 10.1. The predicted molar refractivity (Wildman–Crippen MR) is 120 cm³/mol. The zero-order valence-corrected chi connectivity index (χ0v) is 18.8. The zero-order valence-electron chi connectivity index (χ0n) is 17.2. The van der Waals surface area contributed by atoms with E-state index in [1.54, 1.807) is 12.1 Å². The third-order valence-corrected chi connectivity index (χ3v) is 7.78. The molecule has 1 aromatic carbocycles. The van der Waals surface area contributed by atoms with Gasteiger partial charge >= 0.3 is 0 Å². The first kappa shape index (κ1) is 22.6. The molecule has 2 heterocycles. The van der Waals surface area contributed by atoms with Crippen LogP contribution in [0.3, 0.4) is 0 Å². The average Bonchev–Trinajstić information content (AvgIpc) is 3.32. The van der Waals surface area contributed by atoms with Crippen LogP contribution in [0.1, 0.15) is 19.3 Å². The standard InChI is InChI=1S/C21H28N4O3S2/c1-24(18-8-3-2-4-9-18)13-7-12-22-20(26)17-29-21-11-10-19(16-23-21)30(27,28)25-14-5-6-15-25/h2-4,8-11,16H,5-7,12-15,17H2,1H3,(H,22,26). The summed E-state index contributed by atoms with van der Waals surface area (Å²) in [7, 11) is -1.42. The summed E-state index contributed by atoms with van der Waals surface area (Å²) in [6.45, 7) is 2.60. The van der Waals surface area contributed by atoms with Crippen molar-refractivity contribution >= 4 is 33.4 Å². The molecule has 0 unspecified atom stereocenters. The van der Waals surface area contributed by atoms with Gasteiger partial charge in [-0.05, 0) is 43.5 Å². The Kier molecular flexibility index (Phi) is 8.12. The van der Waals surface area contributed by atoms with Gasteiger partial charge in [-0.1, -0.05) is 30.0 Å². The van der Waals surface area contributed by atoms with Crippen molar-refractivity contribution in [2.45, 2.75) is 29.2 Å². The molecular formula is C21H28N4O3S2. The fourth-order valence-electron chi connectivity index (χ4n) is 3.23. The zero-order chi connectivity index (χ0) is 21.4. The fraction of sp³-hybridized carbons (Fsp3) is 0.429. The lowest BCUT2D eigenvalue weighted by Crippen LogP contribution is -2.29. The van der Waals surface area contributed by atoms with Gasteiger partial charge in [-0.3, -0.25) is 4.79 Å². The molecule has 0 saturated carbocycles. The number of hydrogen-bond acceptors (Lipinski definition) is 6. The van der Waals surface area contributed by atoms with Gasteiger partial charge in [-0.15, -0.1) is 0 Å². The Balaban J connectivity index is 1.37. The predicted octanol–water partition coefficient (Wildman–Crippen LogP) is 2.60. The van der Waals surface area contributed by atoms with Crippen molar-refractivity contribution in [1.82, 2.24) is 14.6 Å². The Morgan fingerprint density at radius 1 is 1.17 bits per heavy atom. The molecular weight excluding hydrogens is 420 g/mol. The van der Waals surface area contributed by atoms with Gasteiger partial charge in [0.1, 0.15) is 4.90 Å². The molecule has 2 aromatic rings. The van der Waals surface area contributed by atoms with E-state index < -0.39 is 10.0 Å². The van der Waals surface area contributed by atoms with Crippen molar-refractivity contribution in [3.05, 3.63) is 48.7 Å². The van der Waals surface area contributed by atoms with Gasteiger partial charge in [0.25, 0.3) is 0 Å². The normalized spacial score (nSPS) is 14.6. The Bertz CT molecular complexity index is 915. The fourth-order valence-corrected chi connectivity index (χ4v) is 5.36. The molecule has 0 spiro atoms. The van der Waals surface area contributed by atoms with Crippen LogP contribution in [0.2, 0.25) is 0 Å². The number of aromatic nitrogens is 1. The van der Waals surface area contributed by atoms with Gasteiger partial charge in [0.15, 0.2) is 0 Å². The molecule has 30 heavy (non-hydrogen) atoms. The Labute approximate surface area is 182 Å². The van der Waals surface area contributed by atoms with Crippen molar-refractivity contribution in [2.24, 2.45) is 0 Å². The summed E-state index contributed by atoms with van der Waals surface area (Å²) in [5.41, 5.74) is 1.15. The summed E-state index contributed by atoms with van der Waals surface area (Å²) in [5.74, 6) is 0.192. The first-order valence-corrected chi connectivity index (χ1v) is 12.5. The third-order valence-electron chi connectivity index (χ3n) is 4.95. The molecule has 1 fully saturated rings. The smallest absolute Gasteiger partial charge is 0.244 e. The van der Waals surface area contributed by atoms with Crippen LogP contribution in [0.25, 0.3) is 0 Å². The van der Waals surface area contributed by atoms with E-state index in [9.17, 15) is 13.2 Å². The largest absolute Gasteiger partial charge is 0.375 e. The first-order chi connectivity index (χ1) is 14.5. The highest BCUT2D eigenvalue weighted by Crippen LogP contribution is 2.22. The number of rotatable bonds is 10. The van der Waals surface area contributed by atoms with Crippen LogP contribution in [-0.4, -0.2) is 62.6 Å². The summed E-state index contributed by atoms with van der Waals surface area (Å²) in [5, 5.41) is 3.55. The number of carbonyl (C=O) groups excluding carboxylic acids is 1. The second-order valence-corrected chi connectivity index (χ2v) is 10.1. The Hall–Kier alpha value is -2.10. The van der Waals surface area contributed by atoms with Crippen molar-refractivity contribution in [1.29, 1.82) is 0 Å². The van der Waals surface area contributed by atoms with Crippen molar-refractivity contribution in [3.63, 3.8) is 0 Å². The number of benzene rings is 1. The number of carbonyl (C=O) groups is 1. The van der Waals surface area contributed by atoms with E-state index >= 15 is 0 Å². The van der Waals surface area contributed by atoms with E-state index in [1.165, 1.54) is 22.3 Å². The summed E-state index contributed by atoms with van der Waals surface area (Å²) in [4.78, 5) is 18.6. The van der Waals surface area contributed by atoms with Gasteiger partial charge in [0.2, 0.25) is 15.9 Å². The highest BCUT2D eigenvalue weighted by molar-refractivity contribution is 7.99. The van der Waals surface area contributed by atoms with E-state index in [2.05, 4.69) is 27.3 Å². The van der Waals surface area contributed by atoms with E-state index in [0.717, 1.165) is 31.5 Å². The lowest BCUT2D eigenvalue weighted by molar-refractivity contribution is -0.118. The maximum Gasteiger partial charge on any atom is 0.244 e. The highest BCUT2D eigenvalue weighted by Gasteiger charge is 2.27. The molecule has 1 amide bonds. The average molecular weight is 449 g/mol. The van der Waals surface area contributed by atoms with Crippen LogP contribution in [0.4, 0.5) is 5.69 Å². The molecule has 7 nitrogen and oxygen atoms in total. The molecule has 0 bridgehead atoms. The highest BCUT2D eigenvalue weighted by atomic mass is 32.2. The molecule has 0 atom stereocenters. The monoisotopic (exact) mass is 448 g/mol. The van der Waals surface area contributed by atoms with Crippen LogP contribution in [0.5, 0.6) is 0 Å². The molecule has 162 valence electrons. The summed E-state index contributed by atoms with van der Waals surface area (Å²) < 4.78 is 26.5. The molecule has 3 rings (SSSR count). The van der Waals surface area contributed by atoms with Crippen LogP contribution in [0, 0.1) is 0 Å². The third kappa shape index (κ3) is 6.20. The second kappa shape index (κ2) is 10.8. The molecule has 1 saturated heterocycles. The number of para-hydroxylation sites is 1. The van der Waals surface area contributed by atoms with Crippen LogP contribution < -0.4 is 10.2 Å². The molecule has 1 aromatic heterocycles. The van der Waals surface area contributed by atoms with E-state index in [0.29, 0.717) is 24.7 Å². The number of pyridine rings is 1. The minimum atomic E-state index is -3.45. The number of amides is 1. The molecule has 0 radical (unpaired) electrons. The molecule has 1 aliphatic rings. The maximum atomic E-state index is 12.5. The lowest BCUT2D eigenvalue weighted by atomic mass is 10.3. The van der Waals surface area contributed by atoms with Crippen LogP contribution >= 0.6 is 11.8 Å². The van der Waals surface area contributed by atoms with Crippen molar-refractivity contribution in [3.8, 4) is 0 Å². The SMILES string of the molecule is CN(CCCNC(=O)CSc1ccc(S(=O)(=O)N2CCCC2)cn1)c1ccccc1. The number of thioether (sulfide) groups is 1. The minimum absolute atomic E-state index is 0.0575. The van der Waals surface area contributed by atoms with Gasteiger partial charge < -0.3 is 10.2 Å². The summed E-state index contributed by atoms with van der Waals surface area (Å²) >= 11 is 1.30. The van der Waals surface area contributed by atoms with Gasteiger partial charge in [0, 0.05) is 45.1 Å². The molecule has 1 N–H and O–H groups in total. The van der Waals surface area contributed by atoms with Gasteiger partial charge in [-0.2, -0.15) is 4.31 Å². The number of nitrogens with one attached hydrogen (secondary N) is 1. The summed E-state index contributed by atoms with van der Waals surface area (Å²) in [6.07, 6.45) is 4.03. The second-order valence-electron chi connectivity index (χ2n) is 7.19. The van der Waals surface area contributed by atoms with Gasteiger partial charge in [-0.25, -0.2) is 13.4 Å².